The Balaban J connectivity index is 1.41. The maximum atomic E-state index is 12.3. The molecule has 7 nitrogen and oxygen atoms in total. The lowest BCUT2D eigenvalue weighted by Crippen LogP contribution is -2.52. The Hall–Kier alpha value is -1.99. The first-order valence-corrected chi connectivity index (χ1v) is 8.40. The van der Waals surface area contributed by atoms with Gasteiger partial charge in [0.25, 0.3) is 0 Å². The molecule has 0 unspecified atom stereocenters. The van der Waals surface area contributed by atoms with Gasteiger partial charge in [0.1, 0.15) is 0 Å². The molecule has 1 saturated heterocycles. The maximum absolute atomic E-state index is 12.3. The van der Waals surface area contributed by atoms with Crippen LogP contribution in [0, 0.1) is 0 Å². The van der Waals surface area contributed by atoms with Crippen LogP contribution < -0.4 is 14.8 Å². The van der Waals surface area contributed by atoms with Gasteiger partial charge in [-0.3, -0.25) is 4.90 Å². The van der Waals surface area contributed by atoms with E-state index in [-0.39, 0.29) is 12.8 Å². The van der Waals surface area contributed by atoms with Crippen LogP contribution in [-0.2, 0) is 6.54 Å². The normalized spacial score (nSPS) is 17.4. The number of nitrogens with one attached hydrogen (secondary N) is 1. The number of likely N-dealkylation sites (N-methyl/N-ethyl adjacent to an activating group) is 1. The van der Waals surface area contributed by atoms with Gasteiger partial charge in [-0.2, -0.15) is 0 Å². The number of rotatable bonds is 5. The Morgan fingerprint density at radius 1 is 1.17 bits per heavy atom. The summed E-state index contributed by atoms with van der Waals surface area (Å²) in [6.07, 6.45) is 0. The number of benzene rings is 1. The molecule has 0 atom stereocenters. The minimum atomic E-state index is -0.0000681. The zero-order valence-corrected chi connectivity index (χ0v) is 14.5. The van der Waals surface area contributed by atoms with Gasteiger partial charge in [0.15, 0.2) is 11.5 Å². The number of urea groups is 1. The number of carbonyl (C=O) groups is 1. The topological polar surface area (TPSA) is 57.3 Å². The van der Waals surface area contributed by atoms with Gasteiger partial charge in [0.2, 0.25) is 6.79 Å². The lowest BCUT2D eigenvalue weighted by atomic mass is 10.2. The summed E-state index contributed by atoms with van der Waals surface area (Å²) in [7, 11) is 4.17. The van der Waals surface area contributed by atoms with Crippen molar-refractivity contribution in [2.75, 3.05) is 60.2 Å². The van der Waals surface area contributed by atoms with E-state index in [1.54, 1.807) is 0 Å². The molecule has 1 fully saturated rings. The van der Waals surface area contributed by atoms with Crippen molar-refractivity contribution in [3.63, 3.8) is 0 Å². The Bertz CT molecular complexity index is 571. The van der Waals surface area contributed by atoms with Gasteiger partial charge in [-0.15, -0.1) is 0 Å². The molecule has 132 valence electrons. The molecule has 2 aliphatic heterocycles. The zero-order chi connectivity index (χ0) is 16.9. The highest BCUT2D eigenvalue weighted by molar-refractivity contribution is 5.74. The molecule has 0 aliphatic carbocycles. The van der Waals surface area contributed by atoms with E-state index < -0.39 is 0 Å². The molecule has 1 aromatic carbocycles. The Morgan fingerprint density at radius 3 is 2.67 bits per heavy atom. The molecule has 2 amide bonds. The molecule has 1 aromatic rings. The van der Waals surface area contributed by atoms with Crippen molar-refractivity contribution in [1.29, 1.82) is 0 Å². The van der Waals surface area contributed by atoms with Crippen LogP contribution in [0.25, 0.3) is 0 Å². The fourth-order valence-corrected chi connectivity index (χ4v) is 2.86. The van der Waals surface area contributed by atoms with E-state index in [4.69, 9.17) is 9.47 Å². The molecule has 0 saturated carbocycles. The van der Waals surface area contributed by atoms with Crippen molar-refractivity contribution in [2.45, 2.75) is 6.54 Å². The molecular weight excluding hydrogens is 308 g/mol. The van der Waals surface area contributed by atoms with Gasteiger partial charge in [-0.25, -0.2) is 4.79 Å². The molecule has 1 N–H and O–H groups in total. The first-order valence-electron chi connectivity index (χ1n) is 8.40. The van der Waals surface area contributed by atoms with Crippen LogP contribution in [0.1, 0.15) is 5.56 Å². The molecule has 7 heteroatoms. The molecule has 24 heavy (non-hydrogen) atoms. The summed E-state index contributed by atoms with van der Waals surface area (Å²) in [6, 6.07) is 5.75. The summed E-state index contributed by atoms with van der Waals surface area (Å²) in [6.45, 7) is 6.30. The lowest BCUT2D eigenvalue weighted by Gasteiger charge is -2.35. The number of piperazine rings is 1. The van der Waals surface area contributed by atoms with Crippen LogP contribution in [-0.4, -0.2) is 80.9 Å². The highest BCUT2D eigenvalue weighted by atomic mass is 16.7. The van der Waals surface area contributed by atoms with Crippen molar-refractivity contribution in [1.82, 2.24) is 20.0 Å². The number of carbonyl (C=O) groups excluding carboxylic acids is 1. The molecule has 0 spiro atoms. The number of amides is 2. The average molecular weight is 334 g/mol. The summed E-state index contributed by atoms with van der Waals surface area (Å²) in [5.41, 5.74) is 1.01. The quantitative estimate of drug-likeness (QED) is 0.863. The number of hydrogen-bond donors (Lipinski definition) is 1. The van der Waals surface area contributed by atoms with E-state index >= 15 is 0 Å². The number of hydrogen-bond acceptors (Lipinski definition) is 5. The van der Waals surface area contributed by atoms with E-state index in [1.807, 2.05) is 23.1 Å². The summed E-state index contributed by atoms with van der Waals surface area (Å²) < 4.78 is 10.7. The fraction of sp³-hybridized carbons (Fsp3) is 0.588. The number of ether oxygens (including phenoxy) is 2. The maximum Gasteiger partial charge on any atom is 0.317 e. The van der Waals surface area contributed by atoms with Crippen molar-refractivity contribution >= 4 is 6.03 Å². The van der Waals surface area contributed by atoms with E-state index in [9.17, 15) is 4.79 Å². The second-order valence-electron chi connectivity index (χ2n) is 6.48. The minimum absolute atomic E-state index is 0.0000681. The van der Waals surface area contributed by atoms with Crippen LogP contribution in [0.2, 0.25) is 0 Å². The minimum Gasteiger partial charge on any atom is -0.454 e. The summed E-state index contributed by atoms with van der Waals surface area (Å²) >= 11 is 0. The highest BCUT2D eigenvalue weighted by Crippen LogP contribution is 2.32. The Morgan fingerprint density at radius 2 is 1.92 bits per heavy atom. The smallest absolute Gasteiger partial charge is 0.317 e. The van der Waals surface area contributed by atoms with Gasteiger partial charge >= 0.3 is 6.03 Å². The summed E-state index contributed by atoms with van der Waals surface area (Å²) in [5.74, 6) is 1.51. The molecule has 2 aliphatic rings. The van der Waals surface area contributed by atoms with Crippen molar-refractivity contribution in [3.05, 3.63) is 23.8 Å². The third kappa shape index (κ3) is 4.30. The molecule has 2 heterocycles. The summed E-state index contributed by atoms with van der Waals surface area (Å²) in [5, 5.41) is 2.99. The van der Waals surface area contributed by atoms with Gasteiger partial charge in [-0.05, 0) is 31.8 Å². The van der Waals surface area contributed by atoms with E-state index in [1.165, 1.54) is 0 Å². The standard InChI is InChI=1S/C17H26N4O3/c1-19(2)5-6-20-7-9-21(10-8-20)17(22)18-12-14-3-4-15-16(11-14)24-13-23-15/h3-4,11H,5-10,12-13H2,1-2H3,(H,18,22). The zero-order valence-electron chi connectivity index (χ0n) is 14.5. The van der Waals surface area contributed by atoms with Crippen LogP contribution in [0.4, 0.5) is 4.79 Å². The van der Waals surface area contributed by atoms with E-state index in [0.717, 1.165) is 56.3 Å². The fourth-order valence-electron chi connectivity index (χ4n) is 2.86. The molecule has 0 radical (unpaired) electrons. The average Bonchev–Trinajstić information content (AvgIpc) is 3.06. The van der Waals surface area contributed by atoms with Crippen molar-refractivity contribution in [2.24, 2.45) is 0 Å². The Labute approximate surface area is 143 Å². The van der Waals surface area contributed by atoms with Crippen LogP contribution in [0.3, 0.4) is 0 Å². The molecule has 0 aromatic heterocycles. The van der Waals surface area contributed by atoms with Crippen LogP contribution in [0.15, 0.2) is 18.2 Å². The summed E-state index contributed by atoms with van der Waals surface area (Å²) in [4.78, 5) is 18.8. The van der Waals surface area contributed by atoms with Crippen LogP contribution in [0.5, 0.6) is 11.5 Å². The van der Waals surface area contributed by atoms with Crippen molar-refractivity contribution < 1.29 is 14.3 Å². The second kappa shape index (κ2) is 7.72. The van der Waals surface area contributed by atoms with Crippen molar-refractivity contribution in [3.8, 4) is 11.5 Å². The van der Waals surface area contributed by atoms with E-state index in [0.29, 0.717) is 6.54 Å². The Kier molecular flexibility index (Phi) is 5.42. The van der Waals surface area contributed by atoms with Gasteiger partial charge in [0.05, 0.1) is 0 Å². The largest absolute Gasteiger partial charge is 0.454 e. The predicted octanol–water partition coefficient (Wildman–Crippen LogP) is 0.804. The van der Waals surface area contributed by atoms with Crippen LogP contribution >= 0.6 is 0 Å². The monoisotopic (exact) mass is 334 g/mol. The lowest BCUT2D eigenvalue weighted by molar-refractivity contribution is 0.133. The first-order chi connectivity index (χ1) is 11.6. The van der Waals surface area contributed by atoms with Gasteiger partial charge in [0, 0.05) is 45.8 Å². The predicted molar refractivity (Wildman–Crippen MR) is 91.4 cm³/mol. The molecule has 3 rings (SSSR count). The molecular formula is C17H26N4O3. The second-order valence-corrected chi connectivity index (χ2v) is 6.48. The first kappa shape index (κ1) is 16.9. The van der Waals surface area contributed by atoms with Gasteiger partial charge < -0.3 is 24.6 Å². The number of fused-ring (bicyclic) bond motifs is 1. The third-order valence-corrected chi connectivity index (χ3v) is 4.40. The number of nitrogens with zero attached hydrogens (tertiary/aromatic N) is 3. The van der Waals surface area contributed by atoms with Gasteiger partial charge in [-0.1, -0.05) is 6.07 Å². The third-order valence-electron chi connectivity index (χ3n) is 4.40. The highest BCUT2D eigenvalue weighted by Gasteiger charge is 2.21. The molecule has 0 bridgehead atoms. The van der Waals surface area contributed by atoms with E-state index in [2.05, 4.69) is 29.2 Å². The SMILES string of the molecule is CN(C)CCN1CCN(C(=O)NCc2ccc3c(c2)OCO3)CC1.